The average Bonchev–Trinajstić information content (AvgIpc) is 2.48. The number of anilines is 1. The van der Waals surface area contributed by atoms with Crippen LogP contribution in [0.1, 0.15) is 23.3 Å². The Morgan fingerprint density at radius 2 is 2.10 bits per heavy atom. The Labute approximate surface area is 117 Å². The van der Waals surface area contributed by atoms with E-state index in [4.69, 9.17) is 4.74 Å². The van der Waals surface area contributed by atoms with Gasteiger partial charge in [-0.05, 0) is 32.0 Å². The first kappa shape index (κ1) is 12.9. The Bertz CT molecular complexity index is 586. The first-order valence-corrected chi connectivity index (χ1v) is 6.69. The second-order valence-electron chi connectivity index (χ2n) is 4.87. The lowest BCUT2D eigenvalue weighted by Gasteiger charge is -2.33. The number of ether oxygens (including phenoxy) is 1. The summed E-state index contributed by atoms with van der Waals surface area (Å²) in [5.74, 6) is 1.65. The van der Waals surface area contributed by atoms with E-state index in [0.717, 1.165) is 36.1 Å². The van der Waals surface area contributed by atoms with Crippen LogP contribution < -0.4 is 4.90 Å². The molecule has 1 aliphatic rings. The molecule has 3 rings (SSSR count). The maximum atomic E-state index is 5.81. The lowest BCUT2D eigenvalue weighted by atomic mass is 10.2. The molecule has 0 aliphatic carbocycles. The van der Waals surface area contributed by atoms with Crippen molar-refractivity contribution in [1.82, 2.24) is 20.2 Å². The second kappa shape index (κ2) is 5.50. The Morgan fingerprint density at radius 3 is 2.85 bits per heavy atom. The third-order valence-electron chi connectivity index (χ3n) is 3.30. The summed E-state index contributed by atoms with van der Waals surface area (Å²) in [4.78, 5) is 10.7. The predicted octanol–water partition coefficient (Wildman–Crippen LogP) is 1.46. The van der Waals surface area contributed by atoms with Gasteiger partial charge in [-0.25, -0.2) is 9.97 Å². The van der Waals surface area contributed by atoms with Crippen molar-refractivity contribution in [2.24, 2.45) is 0 Å². The molecule has 2 aromatic rings. The molecular weight excluding hydrogens is 254 g/mol. The number of aromatic nitrogens is 4. The highest BCUT2D eigenvalue weighted by Crippen LogP contribution is 2.23. The molecule has 0 amide bonds. The van der Waals surface area contributed by atoms with Crippen LogP contribution in [-0.4, -0.2) is 39.9 Å². The standard InChI is InChI=1S/C14H17N5O/c1-10-3-4-14(18-17-10)19-7-8-20-13(9-19)12-5-6-15-11(2)16-12/h3-6,13H,7-9H2,1-2H3. The quantitative estimate of drug-likeness (QED) is 0.824. The zero-order valence-electron chi connectivity index (χ0n) is 11.7. The lowest BCUT2D eigenvalue weighted by Crippen LogP contribution is -2.39. The van der Waals surface area contributed by atoms with Crippen LogP contribution in [0.15, 0.2) is 24.4 Å². The summed E-state index contributed by atoms with van der Waals surface area (Å²) in [5, 5.41) is 8.34. The SMILES string of the molecule is Cc1ccc(N2CCOC(c3ccnc(C)n3)C2)nn1. The number of nitrogens with zero attached hydrogens (tertiary/aromatic N) is 5. The molecule has 6 heteroatoms. The van der Waals surface area contributed by atoms with Crippen LogP contribution in [0.25, 0.3) is 0 Å². The number of rotatable bonds is 2. The van der Waals surface area contributed by atoms with Gasteiger partial charge in [0.15, 0.2) is 5.82 Å². The Kier molecular flexibility index (Phi) is 3.56. The summed E-state index contributed by atoms with van der Waals surface area (Å²) in [6.07, 6.45) is 1.72. The third-order valence-corrected chi connectivity index (χ3v) is 3.30. The normalized spacial score (nSPS) is 19.1. The molecule has 6 nitrogen and oxygen atoms in total. The van der Waals surface area contributed by atoms with Crippen LogP contribution in [0.2, 0.25) is 0 Å². The maximum Gasteiger partial charge on any atom is 0.151 e. The topological polar surface area (TPSA) is 64.0 Å². The van der Waals surface area contributed by atoms with Crippen molar-refractivity contribution < 1.29 is 4.74 Å². The van der Waals surface area contributed by atoms with Gasteiger partial charge >= 0.3 is 0 Å². The Morgan fingerprint density at radius 1 is 1.20 bits per heavy atom. The molecule has 3 heterocycles. The first-order chi connectivity index (χ1) is 9.72. The van der Waals surface area contributed by atoms with Gasteiger partial charge in [0.25, 0.3) is 0 Å². The Hall–Kier alpha value is -2.08. The molecule has 2 aromatic heterocycles. The van der Waals surface area contributed by atoms with E-state index >= 15 is 0 Å². The van der Waals surface area contributed by atoms with Gasteiger partial charge in [0, 0.05) is 12.7 Å². The zero-order chi connectivity index (χ0) is 13.9. The monoisotopic (exact) mass is 271 g/mol. The van der Waals surface area contributed by atoms with Crippen LogP contribution in [-0.2, 0) is 4.74 Å². The summed E-state index contributed by atoms with van der Waals surface area (Å²) < 4.78 is 5.81. The summed E-state index contributed by atoms with van der Waals surface area (Å²) in [7, 11) is 0. The molecule has 1 fully saturated rings. The van der Waals surface area contributed by atoms with E-state index in [1.807, 2.05) is 32.0 Å². The van der Waals surface area contributed by atoms with Crippen molar-refractivity contribution in [2.75, 3.05) is 24.6 Å². The summed E-state index contributed by atoms with van der Waals surface area (Å²) in [6, 6.07) is 5.87. The van der Waals surface area contributed by atoms with E-state index < -0.39 is 0 Å². The van der Waals surface area contributed by atoms with E-state index in [2.05, 4.69) is 25.1 Å². The number of hydrogen-bond acceptors (Lipinski definition) is 6. The molecule has 0 N–H and O–H groups in total. The summed E-state index contributed by atoms with van der Waals surface area (Å²) in [5.41, 5.74) is 1.84. The summed E-state index contributed by atoms with van der Waals surface area (Å²) >= 11 is 0. The van der Waals surface area contributed by atoms with E-state index in [-0.39, 0.29) is 6.10 Å². The molecule has 1 saturated heterocycles. The highest BCUT2D eigenvalue weighted by molar-refractivity contribution is 5.38. The van der Waals surface area contributed by atoms with E-state index in [0.29, 0.717) is 6.61 Å². The highest BCUT2D eigenvalue weighted by atomic mass is 16.5. The molecule has 0 spiro atoms. The van der Waals surface area contributed by atoms with Crippen molar-refractivity contribution >= 4 is 5.82 Å². The van der Waals surface area contributed by atoms with Crippen LogP contribution in [0.4, 0.5) is 5.82 Å². The highest BCUT2D eigenvalue weighted by Gasteiger charge is 2.24. The minimum absolute atomic E-state index is 0.0476. The van der Waals surface area contributed by atoms with Gasteiger partial charge in [-0.2, -0.15) is 5.10 Å². The molecule has 0 bridgehead atoms. The van der Waals surface area contributed by atoms with Gasteiger partial charge in [-0.3, -0.25) is 0 Å². The van der Waals surface area contributed by atoms with Crippen molar-refractivity contribution in [3.8, 4) is 0 Å². The average molecular weight is 271 g/mol. The number of morpholine rings is 1. The van der Waals surface area contributed by atoms with Gasteiger partial charge in [-0.15, -0.1) is 5.10 Å². The Balaban J connectivity index is 1.78. The number of aryl methyl sites for hydroxylation is 2. The molecular formula is C14H17N5O. The van der Waals surface area contributed by atoms with Gasteiger partial charge in [0.1, 0.15) is 11.9 Å². The fraction of sp³-hybridized carbons (Fsp3) is 0.429. The van der Waals surface area contributed by atoms with E-state index in [1.165, 1.54) is 0 Å². The molecule has 0 radical (unpaired) electrons. The minimum atomic E-state index is -0.0476. The molecule has 1 aliphatic heterocycles. The molecule has 1 atom stereocenters. The van der Waals surface area contributed by atoms with Crippen molar-refractivity contribution in [3.63, 3.8) is 0 Å². The molecule has 1 unspecified atom stereocenters. The van der Waals surface area contributed by atoms with Crippen LogP contribution in [0, 0.1) is 13.8 Å². The van der Waals surface area contributed by atoms with Gasteiger partial charge < -0.3 is 9.64 Å². The van der Waals surface area contributed by atoms with Gasteiger partial charge in [0.05, 0.1) is 24.5 Å². The second-order valence-corrected chi connectivity index (χ2v) is 4.87. The fourth-order valence-electron chi connectivity index (χ4n) is 2.25. The third kappa shape index (κ3) is 2.75. The molecule has 20 heavy (non-hydrogen) atoms. The molecule has 104 valence electrons. The molecule has 0 saturated carbocycles. The zero-order valence-corrected chi connectivity index (χ0v) is 11.7. The number of hydrogen-bond donors (Lipinski definition) is 0. The van der Waals surface area contributed by atoms with E-state index in [9.17, 15) is 0 Å². The largest absolute Gasteiger partial charge is 0.368 e. The van der Waals surface area contributed by atoms with Crippen molar-refractivity contribution in [2.45, 2.75) is 20.0 Å². The van der Waals surface area contributed by atoms with Crippen molar-refractivity contribution in [1.29, 1.82) is 0 Å². The van der Waals surface area contributed by atoms with Crippen LogP contribution in [0.5, 0.6) is 0 Å². The fourth-order valence-corrected chi connectivity index (χ4v) is 2.25. The van der Waals surface area contributed by atoms with Crippen molar-refractivity contribution in [3.05, 3.63) is 41.6 Å². The van der Waals surface area contributed by atoms with Crippen LogP contribution >= 0.6 is 0 Å². The van der Waals surface area contributed by atoms with Crippen LogP contribution in [0.3, 0.4) is 0 Å². The maximum absolute atomic E-state index is 5.81. The van der Waals surface area contributed by atoms with Gasteiger partial charge in [0.2, 0.25) is 0 Å². The van der Waals surface area contributed by atoms with Gasteiger partial charge in [-0.1, -0.05) is 0 Å². The predicted molar refractivity (Wildman–Crippen MR) is 74.4 cm³/mol. The lowest BCUT2D eigenvalue weighted by molar-refractivity contribution is 0.0365. The smallest absolute Gasteiger partial charge is 0.151 e. The first-order valence-electron chi connectivity index (χ1n) is 6.69. The summed E-state index contributed by atoms with van der Waals surface area (Å²) in [6.45, 7) is 6.02. The van der Waals surface area contributed by atoms with E-state index in [1.54, 1.807) is 6.20 Å². The minimum Gasteiger partial charge on any atom is -0.368 e. The molecule has 0 aromatic carbocycles.